The molecule has 5 rings (SSSR count). The van der Waals surface area contributed by atoms with Gasteiger partial charge in [-0.05, 0) is 36.6 Å². The van der Waals surface area contributed by atoms with E-state index in [0.29, 0.717) is 29.2 Å². The van der Waals surface area contributed by atoms with Gasteiger partial charge < -0.3 is 23.9 Å². The monoisotopic (exact) mass is 464 g/mol. The molecule has 2 aromatic carbocycles. The van der Waals surface area contributed by atoms with Crippen molar-refractivity contribution in [2.75, 3.05) is 31.7 Å². The molecule has 3 heterocycles. The molecule has 1 unspecified atom stereocenters. The molecule has 4 aromatic rings. The predicted octanol–water partition coefficient (Wildman–Crippen LogP) is 4.52. The van der Waals surface area contributed by atoms with E-state index in [1.54, 1.807) is 17.7 Å². The molecular formula is C26H29FN4O3. The Kier molecular flexibility index (Phi) is 5.56. The van der Waals surface area contributed by atoms with Crippen LogP contribution >= 0.6 is 0 Å². The van der Waals surface area contributed by atoms with Gasteiger partial charge in [0.25, 0.3) is 0 Å². The number of imidazole rings is 1. The number of carbonyl (C=O) groups excluding carboxylic acids is 1. The molecule has 0 radical (unpaired) electrons. The van der Waals surface area contributed by atoms with E-state index in [2.05, 4.69) is 41.5 Å². The number of benzene rings is 2. The van der Waals surface area contributed by atoms with Gasteiger partial charge in [-0.25, -0.2) is 14.2 Å². The van der Waals surface area contributed by atoms with E-state index in [9.17, 15) is 9.90 Å². The van der Waals surface area contributed by atoms with Gasteiger partial charge in [-0.15, -0.1) is 0 Å². The Bertz CT molecular complexity index is 1400. The third-order valence-corrected chi connectivity index (χ3v) is 6.85. The number of aryl methyl sites for hydroxylation is 1. The molecule has 1 aliphatic heterocycles. The van der Waals surface area contributed by atoms with E-state index in [1.165, 1.54) is 13.2 Å². The Morgan fingerprint density at radius 3 is 2.76 bits per heavy atom. The van der Waals surface area contributed by atoms with Crippen molar-refractivity contribution < 1.29 is 19.0 Å². The van der Waals surface area contributed by atoms with Gasteiger partial charge >= 0.3 is 5.97 Å². The predicted molar refractivity (Wildman–Crippen MR) is 131 cm³/mol. The van der Waals surface area contributed by atoms with E-state index < -0.39 is 11.8 Å². The van der Waals surface area contributed by atoms with Crippen LogP contribution in [0, 0.1) is 11.7 Å². The average molecular weight is 465 g/mol. The molecule has 1 aliphatic rings. The Labute approximate surface area is 197 Å². The lowest BCUT2D eigenvalue weighted by molar-refractivity contribution is 0.0600. The molecule has 7 nitrogen and oxygen atoms in total. The molecule has 1 atom stereocenters. The fourth-order valence-electron chi connectivity index (χ4n) is 5.19. The number of esters is 1. The number of aliphatic hydroxyl groups is 1. The molecule has 0 bridgehead atoms. The zero-order valence-corrected chi connectivity index (χ0v) is 19.9. The van der Waals surface area contributed by atoms with Crippen LogP contribution in [0.2, 0.25) is 0 Å². The minimum absolute atomic E-state index is 0.140. The number of hydrogen-bond donors (Lipinski definition) is 1. The van der Waals surface area contributed by atoms with Gasteiger partial charge in [0.15, 0.2) is 5.82 Å². The second kappa shape index (κ2) is 8.43. The molecular weight excluding hydrogens is 435 g/mol. The lowest BCUT2D eigenvalue weighted by Crippen LogP contribution is -2.38. The summed E-state index contributed by atoms with van der Waals surface area (Å²) in [6.45, 7) is 6.17. The topological polar surface area (TPSA) is 72.5 Å². The molecule has 0 saturated heterocycles. The summed E-state index contributed by atoms with van der Waals surface area (Å²) in [6, 6.07) is 11.3. The number of anilines is 1. The Balaban J connectivity index is 1.76. The second-order valence-electron chi connectivity index (χ2n) is 9.26. The van der Waals surface area contributed by atoms with Crippen molar-refractivity contribution in [1.29, 1.82) is 0 Å². The van der Waals surface area contributed by atoms with Gasteiger partial charge in [0.2, 0.25) is 0 Å². The van der Waals surface area contributed by atoms with Gasteiger partial charge in [0, 0.05) is 32.1 Å². The normalized spacial score (nSPS) is 15.6. The van der Waals surface area contributed by atoms with E-state index in [0.717, 1.165) is 35.4 Å². The van der Waals surface area contributed by atoms with Crippen LogP contribution in [0.25, 0.3) is 33.5 Å². The van der Waals surface area contributed by atoms with E-state index in [1.807, 2.05) is 6.07 Å². The van der Waals surface area contributed by atoms with Crippen LogP contribution in [0.5, 0.6) is 0 Å². The highest BCUT2D eigenvalue weighted by Crippen LogP contribution is 2.43. The van der Waals surface area contributed by atoms with Crippen LogP contribution in [0.3, 0.4) is 0 Å². The van der Waals surface area contributed by atoms with Crippen molar-refractivity contribution in [2.45, 2.75) is 26.3 Å². The average Bonchev–Trinajstić information content (AvgIpc) is 3.37. The number of aliphatic hydroxyl groups excluding tert-OH is 1. The number of halogens is 1. The standard InChI is InChI=1S/C26H29FN4O3/c1-15(2)22-14-30(9-6-10-32)20-8-5-7-16-13-21(31(22)23(16)20)25-28-19-12-17(26(33)34-4)11-18(27)24(19)29(25)3/h5,7-8,11-13,15,22,32H,6,9-10,14H2,1-4H3. The van der Waals surface area contributed by atoms with Gasteiger partial charge in [-0.2, -0.15) is 0 Å². The Morgan fingerprint density at radius 2 is 2.06 bits per heavy atom. The highest BCUT2D eigenvalue weighted by Gasteiger charge is 2.32. The summed E-state index contributed by atoms with van der Waals surface area (Å²) < 4.78 is 23.9. The first kappa shape index (κ1) is 22.4. The van der Waals surface area contributed by atoms with Crippen molar-refractivity contribution in [1.82, 2.24) is 14.1 Å². The fraction of sp³-hybridized carbons (Fsp3) is 0.385. The summed E-state index contributed by atoms with van der Waals surface area (Å²) in [4.78, 5) is 19.1. The number of methoxy groups -OCH3 is 1. The molecule has 0 fully saturated rings. The number of rotatable bonds is 6. The first-order valence-electron chi connectivity index (χ1n) is 11.6. The van der Waals surface area contributed by atoms with E-state index >= 15 is 4.39 Å². The summed E-state index contributed by atoms with van der Waals surface area (Å²) in [7, 11) is 3.08. The Hall–Kier alpha value is -3.39. The summed E-state index contributed by atoms with van der Waals surface area (Å²) in [6.07, 6.45) is 0.710. The first-order chi connectivity index (χ1) is 16.3. The van der Waals surface area contributed by atoms with Crippen LogP contribution in [-0.4, -0.2) is 52.0 Å². The van der Waals surface area contributed by atoms with Crippen molar-refractivity contribution >= 4 is 33.6 Å². The number of ether oxygens (including phenoxy) is 1. The lowest BCUT2D eigenvalue weighted by atomic mass is 9.99. The lowest BCUT2D eigenvalue weighted by Gasteiger charge is -2.39. The zero-order valence-electron chi connectivity index (χ0n) is 19.9. The van der Waals surface area contributed by atoms with Gasteiger partial charge in [0.1, 0.15) is 11.3 Å². The smallest absolute Gasteiger partial charge is 0.338 e. The van der Waals surface area contributed by atoms with Crippen molar-refractivity contribution in [3.63, 3.8) is 0 Å². The molecule has 178 valence electrons. The van der Waals surface area contributed by atoms with E-state index in [4.69, 9.17) is 9.72 Å². The van der Waals surface area contributed by atoms with Crippen LogP contribution in [0.1, 0.15) is 36.7 Å². The van der Waals surface area contributed by atoms with Gasteiger partial charge in [0.05, 0.1) is 41.1 Å². The number of nitrogens with zero attached hydrogens (tertiary/aromatic N) is 4. The molecule has 2 aromatic heterocycles. The third kappa shape index (κ3) is 3.36. The molecule has 0 saturated carbocycles. The summed E-state index contributed by atoms with van der Waals surface area (Å²) in [5, 5.41) is 10.5. The maximum absolute atomic E-state index is 15.1. The van der Waals surface area contributed by atoms with Gasteiger partial charge in [-0.3, -0.25) is 0 Å². The Morgan fingerprint density at radius 1 is 1.26 bits per heavy atom. The number of fused-ring (bicyclic) bond motifs is 1. The maximum Gasteiger partial charge on any atom is 0.338 e. The molecule has 8 heteroatoms. The van der Waals surface area contributed by atoms with Crippen LogP contribution < -0.4 is 4.90 Å². The van der Waals surface area contributed by atoms with E-state index in [-0.39, 0.29) is 18.2 Å². The number of para-hydroxylation sites is 1. The zero-order chi connectivity index (χ0) is 24.1. The van der Waals surface area contributed by atoms with Crippen molar-refractivity contribution in [3.05, 3.63) is 47.8 Å². The largest absolute Gasteiger partial charge is 0.465 e. The summed E-state index contributed by atoms with van der Waals surface area (Å²) >= 11 is 0. The molecule has 0 amide bonds. The van der Waals surface area contributed by atoms with Gasteiger partial charge in [-0.1, -0.05) is 26.0 Å². The number of aromatic nitrogens is 3. The fourth-order valence-corrected chi connectivity index (χ4v) is 5.19. The SMILES string of the molecule is COC(=O)c1cc(F)c2c(c1)nc(-c1cc3cccc4c3n1C(C(C)C)CN4CCCO)n2C. The molecule has 0 spiro atoms. The van der Waals surface area contributed by atoms with Crippen LogP contribution in [-0.2, 0) is 11.8 Å². The highest BCUT2D eigenvalue weighted by atomic mass is 19.1. The summed E-state index contributed by atoms with van der Waals surface area (Å²) in [5.41, 5.74) is 4.08. The molecule has 0 aliphatic carbocycles. The summed E-state index contributed by atoms with van der Waals surface area (Å²) in [5.74, 6) is -0.113. The quantitative estimate of drug-likeness (QED) is 0.425. The number of hydrogen-bond acceptors (Lipinski definition) is 5. The number of carbonyl (C=O) groups is 1. The molecule has 1 N–H and O–H groups in total. The minimum Gasteiger partial charge on any atom is -0.465 e. The highest BCUT2D eigenvalue weighted by molar-refractivity contribution is 5.98. The first-order valence-corrected chi connectivity index (χ1v) is 11.6. The molecule has 34 heavy (non-hydrogen) atoms. The second-order valence-corrected chi connectivity index (χ2v) is 9.26. The van der Waals surface area contributed by atoms with Crippen LogP contribution in [0.4, 0.5) is 10.1 Å². The minimum atomic E-state index is -0.594. The maximum atomic E-state index is 15.1. The van der Waals surface area contributed by atoms with Crippen molar-refractivity contribution in [3.8, 4) is 11.5 Å². The van der Waals surface area contributed by atoms with Crippen molar-refractivity contribution in [2.24, 2.45) is 13.0 Å². The van der Waals surface area contributed by atoms with Crippen LogP contribution in [0.15, 0.2) is 36.4 Å². The third-order valence-electron chi connectivity index (χ3n) is 6.85.